The van der Waals surface area contributed by atoms with Gasteiger partial charge in [-0.15, -0.1) is 0 Å². The fourth-order valence-corrected chi connectivity index (χ4v) is 2.60. The third-order valence-corrected chi connectivity index (χ3v) is 3.74. The molecule has 0 fully saturated rings. The summed E-state index contributed by atoms with van der Waals surface area (Å²) in [5, 5.41) is 3.08. The van der Waals surface area contributed by atoms with Gasteiger partial charge >= 0.3 is 0 Å². The van der Waals surface area contributed by atoms with Crippen LogP contribution in [0.1, 0.15) is 42.4 Å². The standard InChI is InChI=1S/C19H23NO/c1-4-8-17(16-9-6-5-7-10-16)19(21)20-18-12-11-14(2)13-15(18)3/h5-7,9-13,17H,4,8H2,1-3H3,(H,20,21)/t17-/m0/s1. The predicted molar refractivity (Wildman–Crippen MR) is 88.6 cm³/mol. The molecule has 0 aliphatic carbocycles. The summed E-state index contributed by atoms with van der Waals surface area (Å²) in [7, 11) is 0. The Balaban J connectivity index is 2.19. The average Bonchev–Trinajstić information content (AvgIpc) is 2.48. The van der Waals surface area contributed by atoms with Gasteiger partial charge in [0.25, 0.3) is 0 Å². The summed E-state index contributed by atoms with van der Waals surface area (Å²) in [6, 6.07) is 16.1. The lowest BCUT2D eigenvalue weighted by molar-refractivity contribution is -0.117. The van der Waals surface area contributed by atoms with Crippen molar-refractivity contribution in [2.75, 3.05) is 5.32 Å². The van der Waals surface area contributed by atoms with Crippen LogP contribution >= 0.6 is 0 Å². The van der Waals surface area contributed by atoms with Crippen LogP contribution in [0.3, 0.4) is 0 Å². The maximum atomic E-state index is 12.6. The second-order valence-electron chi connectivity index (χ2n) is 5.56. The van der Waals surface area contributed by atoms with Crippen LogP contribution in [0.2, 0.25) is 0 Å². The predicted octanol–water partition coefficient (Wildman–Crippen LogP) is 4.83. The average molecular weight is 281 g/mol. The SMILES string of the molecule is CCC[C@H](C(=O)Nc1ccc(C)cc1C)c1ccccc1. The van der Waals surface area contributed by atoms with Gasteiger partial charge in [0.2, 0.25) is 5.91 Å². The number of amides is 1. The number of hydrogen-bond donors (Lipinski definition) is 1. The molecule has 110 valence electrons. The minimum Gasteiger partial charge on any atom is -0.325 e. The topological polar surface area (TPSA) is 29.1 Å². The molecule has 0 spiro atoms. The van der Waals surface area contributed by atoms with Crippen LogP contribution in [-0.4, -0.2) is 5.91 Å². The lowest BCUT2D eigenvalue weighted by Gasteiger charge is -2.17. The Morgan fingerprint density at radius 3 is 2.43 bits per heavy atom. The molecule has 0 aromatic heterocycles. The highest BCUT2D eigenvalue weighted by Crippen LogP contribution is 2.24. The van der Waals surface area contributed by atoms with Crippen LogP contribution in [0.5, 0.6) is 0 Å². The zero-order valence-corrected chi connectivity index (χ0v) is 13.0. The van der Waals surface area contributed by atoms with Gasteiger partial charge in [-0.3, -0.25) is 4.79 Å². The van der Waals surface area contributed by atoms with E-state index >= 15 is 0 Å². The Kier molecular flexibility index (Phi) is 5.15. The lowest BCUT2D eigenvalue weighted by atomic mass is 9.93. The van der Waals surface area contributed by atoms with Crippen LogP contribution in [0, 0.1) is 13.8 Å². The van der Waals surface area contributed by atoms with Crippen molar-refractivity contribution >= 4 is 11.6 Å². The second kappa shape index (κ2) is 7.07. The first kappa shape index (κ1) is 15.3. The summed E-state index contributed by atoms with van der Waals surface area (Å²) < 4.78 is 0. The van der Waals surface area contributed by atoms with E-state index < -0.39 is 0 Å². The molecule has 0 unspecified atom stereocenters. The van der Waals surface area contributed by atoms with Crippen molar-refractivity contribution in [3.63, 3.8) is 0 Å². The molecule has 21 heavy (non-hydrogen) atoms. The van der Waals surface area contributed by atoms with Gasteiger partial charge in [0.15, 0.2) is 0 Å². The van der Waals surface area contributed by atoms with Crippen molar-refractivity contribution in [3.05, 3.63) is 65.2 Å². The Morgan fingerprint density at radius 1 is 1.10 bits per heavy atom. The van der Waals surface area contributed by atoms with Crippen molar-refractivity contribution < 1.29 is 4.79 Å². The molecule has 0 aliphatic rings. The van der Waals surface area contributed by atoms with Crippen molar-refractivity contribution in [1.29, 1.82) is 0 Å². The molecule has 0 heterocycles. The van der Waals surface area contributed by atoms with E-state index in [2.05, 4.69) is 25.2 Å². The van der Waals surface area contributed by atoms with Gasteiger partial charge in [-0.2, -0.15) is 0 Å². The second-order valence-corrected chi connectivity index (χ2v) is 5.56. The summed E-state index contributed by atoms with van der Waals surface area (Å²) >= 11 is 0. The van der Waals surface area contributed by atoms with Gasteiger partial charge < -0.3 is 5.32 Å². The minimum atomic E-state index is -0.0862. The van der Waals surface area contributed by atoms with E-state index in [1.165, 1.54) is 5.56 Å². The van der Waals surface area contributed by atoms with Gasteiger partial charge in [0, 0.05) is 5.69 Å². The molecule has 0 aliphatic heterocycles. The number of anilines is 1. The third-order valence-electron chi connectivity index (χ3n) is 3.74. The van der Waals surface area contributed by atoms with E-state index in [0.717, 1.165) is 29.7 Å². The zero-order chi connectivity index (χ0) is 15.2. The number of nitrogens with one attached hydrogen (secondary N) is 1. The molecular weight excluding hydrogens is 258 g/mol. The van der Waals surface area contributed by atoms with E-state index in [0.29, 0.717) is 0 Å². The van der Waals surface area contributed by atoms with E-state index in [4.69, 9.17) is 0 Å². The third kappa shape index (κ3) is 3.94. The quantitative estimate of drug-likeness (QED) is 0.836. The van der Waals surface area contributed by atoms with Crippen LogP contribution < -0.4 is 5.32 Å². The normalized spacial score (nSPS) is 12.0. The van der Waals surface area contributed by atoms with E-state index in [-0.39, 0.29) is 11.8 Å². The highest BCUT2D eigenvalue weighted by atomic mass is 16.1. The molecule has 0 bridgehead atoms. The maximum Gasteiger partial charge on any atom is 0.231 e. The summed E-state index contributed by atoms with van der Waals surface area (Å²) in [6.45, 7) is 6.20. The molecule has 2 nitrogen and oxygen atoms in total. The number of carbonyl (C=O) groups is 1. The number of aryl methyl sites for hydroxylation is 2. The largest absolute Gasteiger partial charge is 0.325 e. The first-order valence-electron chi connectivity index (χ1n) is 7.55. The monoisotopic (exact) mass is 281 g/mol. The van der Waals surface area contributed by atoms with Crippen LogP contribution in [0.25, 0.3) is 0 Å². The molecule has 0 saturated carbocycles. The molecule has 2 aromatic carbocycles. The number of rotatable bonds is 5. The van der Waals surface area contributed by atoms with Gasteiger partial charge in [-0.25, -0.2) is 0 Å². The minimum absolute atomic E-state index is 0.0787. The summed E-state index contributed by atoms with van der Waals surface area (Å²) in [4.78, 5) is 12.6. The summed E-state index contributed by atoms with van der Waals surface area (Å²) in [6.07, 6.45) is 1.85. The van der Waals surface area contributed by atoms with Gasteiger partial charge in [0.05, 0.1) is 5.92 Å². The first-order chi connectivity index (χ1) is 10.1. The van der Waals surface area contributed by atoms with Crippen molar-refractivity contribution in [2.45, 2.75) is 39.5 Å². The highest BCUT2D eigenvalue weighted by Gasteiger charge is 2.20. The summed E-state index contributed by atoms with van der Waals surface area (Å²) in [5.41, 5.74) is 4.30. The van der Waals surface area contributed by atoms with E-state index in [1.807, 2.05) is 49.4 Å². The van der Waals surface area contributed by atoms with E-state index in [9.17, 15) is 4.79 Å². The van der Waals surface area contributed by atoms with Gasteiger partial charge in [-0.1, -0.05) is 61.4 Å². The highest BCUT2D eigenvalue weighted by molar-refractivity contribution is 5.96. The van der Waals surface area contributed by atoms with Gasteiger partial charge in [-0.05, 0) is 37.5 Å². The Labute approximate surface area is 127 Å². The Hall–Kier alpha value is -2.09. The maximum absolute atomic E-state index is 12.6. The molecule has 0 radical (unpaired) electrons. The number of benzene rings is 2. The molecule has 2 aromatic rings. The van der Waals surface area contributed by atoms with Crippen molar-refractivity contribution in [3.8, 4) is 0 Å². The Morgan fingerprint density at radius 2 is 1.81 bits per heavy atom. The smallest absolute Gasteiger partial charge is 0.231 e. The zero-order valence-electron chi connectivity index (χ0n) is 13.0. The van der Waals surface area contributed by atoms with Crippen LogP contribution in [0.15, 0.2) is 48.5 Å². The van der Waals surface area contributed by atoms with Crippen LogP contribution in [-0.2, 0) is 4.79 Å². The molecule has 1 atom stereocenters. The molecule has 1 N–H and O–H groups in total. The van der Waals surface area contributed by atoms with E-state index in [1.54, 1.807) is 0 Å². The molecule has 0 saturated heterocycles. The van der Waals surface area contributed by atoms with Gasteiger partial charge in [0.1, 0.15) is 0 Å². The van der Waals surface area contributed by atoms with Crippen molar-refractivity contribution in [2.24, 2.45) is 0 Å². The number of hydrogen-bond acceptors (Lipinski definition) is 1. The summed E-state index contributed by atoms with van der Waals surface area (Å²) in [5.74, 6) is -0.00749. The Bertz CT molecular complexity index is 604. The first-order valence-corrected chi connectivity index (χ1v) is 7.55. The molecule has 2 heteroatoms. The molecule has 2 rings (SSSR count). The van der Waals surface area contributed by atoms with Crippen molar-refractivity contribution in [1.82, 2.24) is 0 Å². The lowest BCUT2D eigenvalue weighted by Crippen LogP contribution is -2.21. The fraction of sp³-hybridized carbons (Fsp3) is 0.316. The fourth-order valence-electron chi connectivity index (χ4n) is 2.60. The molecular formula is C19H23NO. The van der Waals surface area contributed by atoms with Crippen LogP contribution in [0.4, 0.5) is 5.69 Å². The number of carbonyl (C=O) groups excluding carboxylic acids is 1. The molecule has 1 amide bonds.